The minimum absolute atomic E-state index is 0.0948. The summed E-state index contributed by atoms with van der Waals surface area (Å²) in [6, 6.07) is 3.25. The van der Waals surface area contributed by atoms with Gasteiger partial charge in [0.25, 0.3) is 0 Å². The first-order valence-electron chi connectivity index (χ1n) is 5.73. The Labute approximate surface area is 120 Å². The molecule has 0 aliphatic rings. The van der Waals surface area contributed by atoms with Gasteiger partial charge < -0.3 is 5.73 Å². The Bertz CT molecular complexity index is 728. The van der Waals surface area contributed by atoms with E-state index in [-0.39, 0.29) is 17.1 Å². The molecule has 0 unspecified atom stereocenters. The summed E-state index contributed by atoms with van der Waals surface area (Å²) in [5.74, 6) is -0.567. The van der Waals surface area contributed by atoms with Gasteiger partial charge in [0.15, 0.2) is 0 Å². The van der Waals surface area contributed by atoms with Gasteiger partial charge in [0.1, 0.15) is 10.7 Å². The molecule has 5 nitrogen and oxygen atoms in total. The second-order valence-electron chi connectivity index (χ2n) is 4.29. The molecule has 0 saturated heterocycles. The van der Waals surface area contributed by atoms with Crippen LogP contribution in [-0.4, -0.2) is 24.8 Å². The summed E-state index contributed by atoms with van der Waals surface area (Å²) >= 11 is 1.43. The molecule has 1 heterocycles. The summed E-state index contributed by atoms with van der Waals surface area (Å²) in [6.07, 6.45) is 1.64. The fraction of sp³-hybridized carbons (Fsp3) is 0.250. The van der Waals surface area contributed by atoms with E-state index in [0.717, 1.165) is 22.0 Å². The standard InChI is InChI=1S/C12H14FN3O2S2/c1-8-15-6-10(19-8)7-16(2)20(17,18)12-4-3-9(13)5-11(12)14/h3-6H,7,14H2,1-2H3. The molecule has 0 bridgehead atoms. The molecule has 0 aliphatic heterocycles. The molecule has 0 saturated carbocycles. The Morgan fingerprint density at radius 1 is 1.45 bits per heavy atom. The molecule has 0 aliphatic carbocycles. The van der Waals surface area contributed by atoms with Crippen LogP contribution in [0.15, 0.2) is 29.3 Å². The average molecular weight is 315 g/mol. The second-order valence-corrected chi connectivity index (χ2v) is 7.62. The third-order valence-electron chi connectivity index (χ3n) is 2.71. The van der Waals surface area contributed by atoms with Crippen LogP contribution in [0.1, 0.15) is 9.88 Å². The van der Waals surface area contributed by atoms with Gasteiger partial charge in [-0.15, -0.1) is 11.3 Å². The largest absolute Gasteiger partial charge is 0.398 e. The first-order valence-corrected chi connectivity index (χ1v) is 7.99. The van der Waals surface area contributed by atoms with Crippen LogP contribution in [0.3, 0.4) is 0 Å². The van der Waals surface area contributed by atoms with E-state index < -0.39 is 15.8 Å². The zero-order valence-corrected chi connectivity index (χ0v) is 12.6. The number of sulfonamides is 1. The highest BCUT2D eigenvalue weighted by Gasteiger charge is 2.24. The molecule has 1 aromatic carbocycles. The van der Waals surface area contributed by atoms with Gasteiger partial charge in [-0.2, -0.15) is 4.31 Å². The van der Waals surface area contributed by atoms with Gasteiger partial charge in [-0.1, -0.05) is 0 Å². The molecule has 2 N–H and O–H groups in total. The van der Waals surface area contributed by atoms with Crippen molar-refractivity contribution >= 4 is 27.0 Å². The number of aromatic nitrogens is 1. The van der Waals surface area contributed by atoms with Crippen molar-refractivity contribution in [1.29, 1.82) is 0 Å². The molecule has 2 aromatic rings. The number of rotatable bonds is 4. The Hall–Kier alpha value is -1.51. The molecule has 8 heteroatoms. The number of thiazole rings is 1. The minimum Gasteiger partial charge on any atom is -0.398 e. The van der Waals surface area contributed by atoms with Crippen LogP contribution in [-0.2, 0) is 16.6 Å². The summed E-state index contributed by atoms with van der Waals surface area (Å²) in [6.45, 7) is 2.05. The number of halogens is 1. The lowest BCUT2D eigenvalue weighted by molar-refractivity contribution is 0.469. The number of nitrogen functional groups attached to an aromatic ring is 1. The maximum atomic E-state index is 13.0. The van der Waals surface area contributed by atoms with Crippen LogP contribution < -0.4 is 5.73 Å². The fourth-order valence-corrected chi connectivity index (χ4v) is 3.88. The fourth-order valence-electron chi connectivity index (χ4n) is 1.70. The number of hydrogen-bond donors (Lipinski definition) is 1. The Morgan fingerprint density at radius 2 is 2.15 bits per heavy atom. The molecule has 0 spiro atoms. The van der Waals surface area contributed by atoms with Crippen molar-refractivity contribution in [1.82, 2.24) is 9.29 Å². The lowest BCUT2D eigenvalue weighted by Crippen LogP contribution is -2.26. The molecule has 1 aromatic heterocycles. The Morgan fingerprint density at radius 3 is 2.70 bits per heavy atom. The smallest absolute Gasteiger partial charge is 0.245 e. The summed E-state index contributed by atoms with van der Waals surface area (Å²) in [5, 5.41) is 0.868. The third-order valence-corrected chi connectivity index (χ3v) is 5.48. The lowest BCUT2D eigenvalue weighted by atomic mass is 10.3. The quantitative estimate of drug-likeness (QED) is 0.876. The van der Waals surface area contributed by atoms with Crippen molar-refractivity contribution in [2.45, 2.75) is 18.4 Å². The van der Waals surface area contributed by atoms with Crippen LogP contribution >= 0.6 is 11.3 Å². The molecule has 108 valence electrons. The highest BCUT2D eigenvalue weighted by atomic mass is 32.2. The minimum atomic E-state index is -3.75. The zero-order valence-electron chi connectivity index (χ0n) is 11.0. The molecule has 2 rings (SSSR count). The highest BCUT2D eigenvalue weighted by molar-refractivity contribution is 7.89. The summed E-state index contributed by atoms with van der Waals surface area (Å²) < 4.78 is 38.9. The Balaban J connectivity index is 2.29. The SMILES string of the molecule is Cc1ncc(CN(C)S(=O)(=O)c2ccc(F)cc2N)s1. The monoisotopic (exact) mass is 315 g/mol. The van der Waals surface area contributed by atoms with E-state index in [4.69, 9.17) is 5.73 Å². The summed E-state index contributed by atoms with van der Waals surface area (Å²) in [5.41, 5.74) is 5.49. The maximum Gasteiger partial charge on any atom is 0.245 e. The lowest BCUT2D eigenvalue weighted by Gasteiger charge is -2.17. The molecular weight excluding hydrogens is 301 g/mol. The van der Waals surface area contributed by atoms with E-state index in [1.54, 1.807) is 6.20 Å². The summed E-state index contributed by atoms with van der Waals surface area (Å²) in [7, 11) is -2.30. The first kappa shape index (κ1) is 14.9. The predicted octanol–water partition coefficient (Wildman–Crippen LogP) is 1.99. The number of benzene rings is 1. The number of aryl methyl sites for hydroxylation is 1. The van der Waals surface area contributed by atoms with Crippen LogP contribution in [0.5, 0.6) is 0 Å². The van der Waals surface area contributed by atoms with E-state index in [1.807, 2.05) is 6.92 Å². The van der Waals surface area contributed by atoms with E-state index in [1.165, 1.54) is 28.8 Å². The number of anilines is 1. The van der Waals surface area contributed by atoms with E-state index >= 15 is 0 Å². The van der Waals surface area contributed by atoms with E-state index in [2.05, 4.69) is 4.98 Å². The van der Waals surface area contributed by atoms with E-state index in [9.17, 15) is 12.8 Å². The van der Waals surface area contributed by atoms with Crippen LogP contribution in [0, 0.1) is 12.7 Å². The van der Waals surface area contributed by atoms with Gasteiger partial charge in [0.2, 0.25) is 10.0 Å². The van der Waals surface area contributed by atoms with Crippen LogP contribution in [0.4, 0.5) is 10.1 Å². The van der Waals surface area contributed by atoms with Crippen molar-refractivity contribution < 1.29 is 12.8 Å². The third kappa shape index (κ3) is 2.97. The average Bonchev–Trinajstić information content (AvgIpc) is 2.74. The topological polar surface area (TPSA) is 76.3 Å². The number of hydrogen-bond acceptors (Lipinski definition) is 5. The van der Waals surface area contributed by atoms with Crippen molar-refractivity contribution in [3.63, 3.8) is 0 Å². The van der Waals surface area contributed by atoms with Gasteiger partial charge >= 0.3 is 0 Å². The van der Waals surface area contributed by atoms with Crippen LogP contribution in [0.25, 0.3) is 0 Å². The molecule has 0 amide bonds. The number of nitrogens with zero attached hydrogens (tertiary/aromatic N) is 2. The van der Waals surface area contributed by atoms with Gasteiger partial charge in [0.05, 0.1) is 10.7 Å². The zero-order chi connectivity index (χ0) is 14.9. The molecule has 0 atom stereocenters. The van der Waals surface area contributed by atoms with Gasteiger partial charge in [-0.05, 0) is 25.1 Å². The van der Waals surface area contributed by atoms with Crippen molar-refractivity contribution in [3.8, 4) is 0 Å². The maximum absolute atomic E-state index is 13.0. The van der Waals surface area contributed by atoms with Gasteiger partial charge in [0, 0.05) is 24.7 Å². The van der Waals surface area contributed by atoms with Crippen molar-refractivity contribution in [2.75, 3.05) is 12.8 Å². The molecule has 20 heavy (non-hydrogen) atoms. The highest BCUT2D eigenvalue weighted by Crippen LogP contribution is 2.24. The number of nitrogens with two attached hydrogens (primary N) is 1. The second kappa shape index (κ2) is 5.47. The van der Waals surface area contributed by atoms with E-state index in [0.29, 0.717) is 0 Å². The van der Waals surface area contributed by atoms with Crippen molar-refractivity contribution in [2.24, 2.45) is 0 Å². The summed E-state index contributed by atoms with van der Waals surface area (Å²) in [4.78, 5) is 4.81. The molecule has 0 radical (unpaired) electrons. The normalized spacial score (nSPS) is 12.0. The van der Waals surface area contributed by atoms with Gasteiger partial charge in [-0.3, -0.25) is 0 Å². The molecular formula is C12H14FN3O2S2. The van der Waals surface area contributed by atoms with Crippen molar-refractivity contribution in [3.05, 3.63) is 40.1 Å². The molecule has 0 fully saturated rings. The van der Waals surface area contributed by atoms with Gasteiger partial charge in [-0.25, -0.2) is 17.8 Å². The first-order chi connectivity index (χ1) is 9.30. The Kier molecular flexibility index (Phi) is 4.07. The van der Waals surface area contributed by atoms with Crippen LogP contribution in [0.2, 0.25) is 0 Å². The predicted molar refractivity (Wildman–Crippen MR) is 76.3 cm³/mol.